The van der Waals surface area contributed by atoms with Crippen molar-refractivity contribution < 1.29 is 14.9 Å². The van der Waals surface area contributed by atoms with E-state index in [0.717, 1.165) is 40.8 Å². The molecular formula is C25H26N4O3S. The lowest BCUT2D eigenvalue weighted by atomic mass is 10.0. The number of nitriles is 1. The third-order valence-corrected chi connectivity index (χ3v) is 6.40. The Kier molecular flexibility index (Phi) is 6.92. The third kappa shape index (κ3) is 4.70. The molecule has 3 aromatic rings. The molecule has 1 atom stereocenters. The zero-order chi connectivity index (χ0) is 23.4. The number of rotatable bonds is 8. The molecule has 1 aliphatic rings. The summed E-state index contributed by atoms with van der Waals surface area (Å²) in [5.41, 5.74) is 4.66. The van der Waals surface area contributed by atoms with E-state index in [1.807, 2.05) is 43.0 Å². The maximum Gasteiger partial charge on any atom is 0.173 e. The van der Waals surface area contributed by atoms with Gasteiger partial charge in [-0.3, -0.25) is 0 Å². The molecule has 33 heavy (non-hydrogen) atoms. The number of aliphatic hydroxyl groups is 2. The molecule has 0 spiro atoms. The minimum absolute atomic E-state index is 0.0124. The smallest absolute Gasteiger partial charge is 0.173 e. The van der Waals surface area contributed by atoms with Gasteiger partial charge < -0.3 is 19.8 Å². The Morgan fingerprint density at radius 2 is 2.18 bits per heavy atom. The minimum Gasteiger partial charge on any atom is -0.514 e. The molecule has 0 amide bonds. The molecule has 0 unspecified atom stereocenters. The molecule has 0 saturated heterocycles. The average Bonchev–Trinajstić information content (AvgIpc) is 3.46. The quantitative estimate of drug-likeness (QED) is 0.462. The molecule has 1 aliphatic carbocycles. The topological polar surface area (TPSA) is 102 Å². The Morgan fingerprint density at radius 1 is 1.33 bits per heavy atom. The summed E-state index contributed by atoms with van der Waals surface area (Å²) in [6, 6.07) is 13.9. The van der Waals surface area contributed by atoms with Crippen LogP contribution in [-0.2, 0) is 6.42 Å². The zero-order valence-electron chi connectivity index (χ0n) is 18.6. The number of hydrogen-bond acceptors (Lipinski definition) is 8. The van der Waals surface area contributed by atoms with E-state index in [0.29, 0.717) is 23.7 Å². The maximum absolute atomic E-state index is 9.54. The van der Waals surface area contributed by atoms with E-state index in [9.17, 15) is 15.5 Å². The van der Waals surface area contributed by atoms with Crippen LogP contribution in [0.25, 0.3) is 22.0 Å². The second kappa shape index (κ2) is 10.0. The van der Waals surface area contributed by atoms with Crippen LogP contribution < -0.4 is 4.74 Å². The summed E-state index contributed by atoms with van der Waals surface area (Å²) in [5.74, 6) is 1.23. The van der Waals surface area contributed by atoms with Crippen LogP contribution in [0, 0.1) is 11.3 Å². The van der Waals surface area contributed by atoms with E-state index in [2.05, 4.69) is 16.5 Å². The lowest BCUT2D eigenvalue weighted by Gasteiger charge is -2.27. The molecule has 0 fully saturated rings. The number of benzene rings is 2. The third-order valence-electron chi connectivity index (χ3n) is 5.63. The van der Waals surface area contributed by atoms with Gasteiger partial charge in [0.25, 0.3) is 0 Å². The van der Waals surface area contributed by atoms with Crippen LogP contribution >= 0.6 is 11.5 Å². The molecule has 1 heterocycles. The van der Waals surface area contributed by atoms with Gasteiger partial charge in [0, 0.05) is 23.9 Å². The first-order valence-electron chi connectivity index (χ1n) is 10.9. The summed E-state index contributed by atoms with van der Waals surface area (Å²) in [6.07, 6.45) is 4.36. The van der Waals surface area contributed by atoms with Gasteiger partial charge in [-0.15, -0.1) is 0 Å². The van der Waals surface area contributed by atoms with Gasteiger partial charge in [0.2, 0.25) is 0 Å². The predicted octanol–water partition coefficient (Wildman–Crippen LogP) is 4.84. The van der Waals surface area contributed by atoms with Gasteiger partial charge in [-0.05, 0) is 67.5 Å². The number of hydrogen-bond donors (Lipinski definition) is 2. The fourth-order valence-corrected chi connectivity index (χ4v) is 4.95. The predicted molar refractivity (Wildman–Crippen MR) is 128 cm³/mol. The first-order chi connectivity index (χ1) is 16.0. The van der Waals surface area contributed by atoms with Crippen molar-refractivity contribution in [2.24, 2.45) is 0 Å². The molecular weight excluding hydrogens is 436 g/mol. The van der Waals surface area contributed by atoms with Gasteiger partial charge in [0.1, 0.15) is 16.8 Å². The maximum atomic E-state index is 9.54. The number of aliphatic hydroxyl groups excluding tert-OH is 2. The molecule has 7 nitrogen and oxygen atoms in total. The number of nitrogens with zero attached hydrogens (tertiary/aromatic N) is 4. The van der Waals surface area contributed by atoms with Crippen molar-refractivity contribution in [1.82, 2.24) is 14.3 Å². The van der Waals surface area contributed by atoms with Gasteiger partial charge in [0.05, 0.1) is 30.6 Å². The van der Waals surface area contributed by atoms with Gasteiger partial charge >= 0.3 is 0 Å². The summed E-state index contributed by atoms with van der Waals surface area (Å²) >= 11 is 1.31. The Balaban J connectivity index is 1.65. The molecule has 8 heteroatoms. The van der Waals surface area contributed by atoms with Crippen LogP contribution in [-0.4, -0.2) is 43.7 Å². The van der Waals surface area contributed by atoms with E-state index < -0.39 is 0 Å². The van der Waals surface area contributed by atoms with E-state index in [4.69, 9.17) is 9.72 Å². The highest BCUT2D eigenvalue weighted by molar-refractivity contribution is 7.09. The molecule has 4 rings (SSSR count). The van der Waals surface area contributed by atoms with Crippen LogP contribution in [0.3, 0.4) is 0 Å². The largest absolute Gasteiger partial charge is 0.514 e. The fourth-order valence-electron chi connectivity index (χ4n) is 4.28. The second-order valence-corrected chi connectivity index (χ2v) is 8.85. The number of aromatic nitrogens is 2. The van der Waals surface area contributed by atoms with Gasteiger partial charge in [-0.2, -0.15) is 9.64 Å². The standard InChI is InChI=1S/C25H26N4O3S/c1-16(2)32-23-9-6-17(14-18(23)15-26)25-27-24(28-33-25)21-5-3-4-20-19(21)7-8-22(20)29(10-12-30)11-13-31/h3-6,9-10,12,14,16,22,30-31H,7-8,11,13H2,1-2H3/b12-10+/t22-/m0/s1. The molecule has 0 saturated carbocycles. The fraction of sp³-hybridized carbons (Fsp3) is 0.320. The van der Waals surface area contributed by atoms with Crippen molar-refractivity contribution in [3.8, 4) is 33.8 Å². The molecule has 170 valence electrons. The van der Waals surface area contributed by atoms with Crippen LogP contribution in [0.1, 0.15) is 43.0 Å². The minimum atomic E-state index is -0.0127. The highest BCUT2D eigenvalue weighted by atomic mass is 32.1. The first-order valence-corrected chi connectivity index (χ1v) is 11.7. The van der Waals surface area contributed by atoms with Crippen LogP contribution in [0.15, 0.2) is 48.9 Å². The highest BCUT2D eigenvalue weighted by Gasteiger charge is 2.29. The van der Waals surface area contributed by atoms with Crippen molar-refractivity contribution in [3.05, 3.63) is 65.6 Å². The number of ether oxygens (including phenoxy) is 1. The van der Waals surface area contributed by atoms with Crippen molar-refractivity contribution >= 4 is 11.5 Å². The lowest BCUT2D eigenvalue weighted by molar-refractivity contribution is 0.197. The summed E-state index contributed by atoms with van der Waals surface area (Å²) in [4.78, 5) is 6.74. The highest BCUT2D eigenvalue weighted by Crippen LogP contribution is 2.41. The van der Waals surface area contributed by atoms with Crippen LogP contribution in [0.4, 0.5) is 0 Å². The van der Waals surface area contributed by atoms with E-state index in [-0.39, 0.29) is 18.8 Å². The summed E-state index contributed by atoms with van der Waals surface area (Å²) in [5, 5.41) is 29.0. The molecule has 0 bridgehead atoms. The summed E-state index contributed by atoms with van der Waals surface area (Å²) in [6.45, 7) is 4.32. The Morgan fingerprint density at radius 3 is 2.91 bits per heavy atom. The van der Waals surface area contributed by atoms with Gasteiger partial charge in [0.15, 0.2) is 5.82 Å². The molecule has 0 aliphatic heterocycles. The SMILES string of the molecule is CC(C)Oc1ccc(-c2nc(-c3cccc4c3CC[C@@H]4N(/C=C/O)CCO)ns2)cc1C#N. The molecule has 2 N–H and O–H groups in total. The zero-order valence-corrected chi connectivity index (χ0v) is 19.4. The normalized spacial score (nSPS) is 15.1. The lowest BCUT2D eigenvalue weighted by Crippen LogP contribution is -2.25. The van der Waals surface area contributed by atoms with E-state index in [1.54, 1.807) is 12.3 Å². The van der Waals surface area contributed by atoms with Crippen LogP contribution in [0.2, 0.25) is 0 Å². The Bertz CT molecular complexity index is 1200. The molecule has 0 radical (unpaired) electrons. The van der Waals surface area contributed by atoms with Crippen molar-refractivity contribution in [1.29, 1.82) is 5.26 Å². The van der Waals surface area contributed by atoms with Crippen molar-refractivity contribution in [2.75, 3.05) is 13.2 Å². The Labute approximate surface area is 197 Å². The summed E-state index contributed by atoms with van der Waals surface area (Å²) in [7, 11) is 0. The van der Waals surface area contributed by atoms with Crippen molar-refractivity contribution in [3.63, 3.8) is 0 Å². The van der Waals surface area contributed by atoms with Crippen LogP contribution in [0.5, 0.6) is 5.75 Å². The van der Waals surface area contributed by atoms with E-state index >= 15 is 0 Å². The first kappa shape index (κ1) is 22.8. The average molecular weight is 463 g/mol. The summed E-state index contributed by atoms with van der Waals surface area (Å²) < 4.78 is 10.3. The Hall–Kier alpha value is -3.41. The monoisotopic (exact) mass is 462 g/mol. The van der Waals surface area contributed by atoms with E-state index in [1.165, 1.54) is 17.1 Å². The van der Waals surface area contributed by atoms with Gasteiger partial charge in [-0.1, -0.05) is 18.2 Å². The van der Waals surface area contributed by atoms with Crippen molar-refractivity contribution in [2.45, 2.75) is 38.8 Å². The molecule has 1 aromatic heterocycles. The second-order valence-electron chi connectivity index (χ2n) is 8.10. The number of fused-ring (bicyclic) bond motifs is 1. The molecule has 2 aromatic carbocycles. The van der Waals surface area contributed by atoms with Gasteiger partial charge in [-0.25, -0.2) is 4.98 Å².